The van der Waals surface area contributed by atoms with Crippen LogP contribution in [0.3, 0.4) is 0 Å². The smallest absolute Gasteiger partial charge is 0.192 e. The van der Waals surface area contributed by atoms with E-state index in [1.807, 2.05) is 0 Å². The van der Waals surface area contributed by atoms with Crippen molar-refractivity contribution in [2.75, 3.05) is 6.61 Å². The fraction of sp³-hybridized carbons (Fsp3) is 0.714. The Balaban J connectivity index is 4.10. The molecule has 16 heavy (non-hydrogen) atoms. The summed E-state index contributed by atoms with van der Waals surface area (Å²) in [5.74, 6) is 0. The summed E-state index contributed by atoms with van der Waals surface area (Å²) in [6, 6.07) is 0. The lowest BCUT2D eigenvalue weighted by molar-refractivity contribution is 0.322. The van der Waals surface area contributed by atoms with Crippen LogP contribution < -0.4 is 0 Å². The molecule has 0 saturated heterocycles. The van der Waals surface area contributed by atoms with Crippen LogP contribution in [0.4, 0.5) is 0 Å². The highest BCUT2D eigenvalue weighted by molar-refractivity contribution is 6.74. The molecule has 0 aliphatic carbocycles. The maximum atomic E-state index is 6.07. The fourth-order valence-electron chi connectivity index (χ4n) is 0.954. The molecule has 2 heteroatoms. The molecule has 0 unspecified atom stereocenters. The number of hydrogen-bond acceptors (Lipinski definition) is 1. The third-order valence-electron chi connectivity index (χ3n) is 3.23. The quantitative estimate of drug-likeness (QED) is 0.473. The first-order valence-corrected chi connectivity index (χ1v) is 9.10. The maximum absolute atomic E-state index is 6.07. The van der Waals surface area contributed by atoms with Crippen LogP contribution in [0.2, 0.25) is 18.1 Å². The monoisotopic (exact) mass is 240 g/mol. The first-order valence-electron chi connectivity index (χ1n) is 6.19. The zero-order valence-corrected chi connectivity index (χ0v) is 12.9. The molecule has 0 aliphatic rings. The van der Waals surface area contributed by atoms with Crippen LogP contribution in [0, 0.1) is 0 Å². The normalized spacial score (nSPS) is 13.4. The van der Waals surface area contributed by atoms with E-state index in [1.165, 1.54) is 6.42 Å². The van der Waals surface area contributed by atoms with Crippen molar-refractivity contribution < 1.29 is 4.43 Å². The lowest BCUT2D eigenvalue weighted by Crippen LogP contribution is -2.41. The highest BCUT2D eigenvalue weighted by Gasteiger charge is 2.36. The second kappa shape index (κ2) is 6.41. The van der Waals surface area contributed by atoms with Gasteiger partial charge in [0.25, 0.3) is 0 Å². The van der Waals surface area contributed by atoms with Crippen LogP contribution >= 0.6 is 0 Å². The Kier molecular flexibility index (Phi) is 6.27. The van der Waals surface area contributed by atoms with Gasteiger partial charge in [-0.1, -0.05) is 52.8 Å². The molecule has 0 aromatic heterocycles. The van der Waals surface area contributed by atoms with Crippen molar-refractivity contribution in [1.82, 2.24) is 0 Å². The minimum atomic E-state index is -1.61. The predicted octanol–water partition coefficient (Wildman–Crippen LogP) is 4.92. The molecular formula is C14H28OSi. The number of hydrogen-bond donors (Lipinski definition) is 0. The molecule has 0 N–H and O–H groups in total. The van der Waals surface area contributed by atoms with E-state index < -0.39 is 8.32 Å². The zero-order chi connectivity index (χ0) is 12.8. The third kappa shape index (κ3) is 5.66. The summed E-state index contributed by atoms with van der Waals surface area (Å²) in [4.78, 5) is 0. The molecule has 0 rings (SSSR count). The molecular weight excluding hydrogens is 212 g/mol. The second-order valence-electron chi connectivity index (χ2n) is 5.90. The lowest BCUT2D eigenvalue weighted by Gasteiger charge is -2.36. The van der Waals surface area contributed by atoms with Crippen LogP contribution in [-0.2, 0) is 4.43 Å². The summed E-state index contributed by atoms with van der Waals surface area (Å²) in [5.41, 5.74) is 1.08. The molecule has 0 bridgehead atoms. The Labute approximate surface area is 103 Å². The molecule has 1 nitrogen and oxygen atoms in total. The zero-order valence-electron chi connectivity index (χ0n) is 11.9. The number of rotatable bonds is 6. The maximum Gasteiger partial charge on any atom is 0.192 e. The lowest BCUT2D eigenvalue weighted by atomic mass is 10.2. The molecule has 0 atom stereocenters. The Morgan fingerprint density at radius 2 is 1.88 bits per heavy atom. The van der Waals surface area contributed by atoms with Crippen LogP contribution in [0.1, 0.15) is 40.5 Å². The van der Waals surface area contributed by atoms with Gasteiger partial charge in [0, 0.05) is 0 Å². The number of unbranched alkanes of at least 4 members (excludes halogenated alkanes) is 1. The van der Waals surface area contributed by atoms with E-state index in [1.54, 1.807) is 0 Å². The summed E-state index contributed by atoms with van der Waals surface area (Å²) in [7, 11) is -1.61. The Morgan fingerprint density at radius 3 is 2.31 bits per heavy atom. The van der Waals surface area contributed by atoms with Crippen molar-refractivity contribution in [2.45, 2.75) is 58.7 Å². The third-order valence-corrected chi connectivity index (χ3v) is 7.71. The molecule has 0 spiro atoms. The van der Waals surface area contributed by atoms with Gasteiger partial charge in [-0.15, -0.1) is 0 Å². The van der Waals surface area contributed by atoms with Gasteiger partial charge >= 0.3 is 0 Å². The molecule has 0 heterocycles. The predicted molar refractivity (Wildman–Crippen MR) is 76.3 cm³/mol. The van der Waals surface area contributed by atoms with Gasteiger partial charge in [0.1, 0.15) is 0 Å². The van der Waals surface area contributed by atoms with E-state index in [0.717, 1.165) is 12.0 Å². The fourth-order valence-corrected chi connectivity index (χ4v) is 1.93. The van der Waals surface area contributed by atoms with E-state index in [9.17, 15) is 0 Å². The van der Waals surface area contributed by atoms with Crippen molar-refractivity contribution in [3.8, 4) is 0 Å². The second-order valence-corrected chi connectivity index (χ2v) is 10.7. The summed E-state index contributed by atoms with van der Waals surface area (Å²) in [6.07, 6.45) is 6.58. The Bertz CT molecular complexity index is 246. The summed E-state index contributed by atoms with van der Waals surface area (Å²) in [6.45, 7) is 18.2. The van der Waals surface area contributed by atoms with Crippen molar-refractivity contribution >= 4 is 8.32 Å². The van der Waals surface area contributed by atoms with Crippen molar-refractivity contribution in [1.29, 1.82) is 0 Å². The summed E-state index contributed by atoms with van der Waals surface area (Å²) >= 11 is 0. The van der Waals surface area contributed by atoms with Gasteiger partial charge in [-0.2, -0.15) is 0 Å². The van der Waals surface area contributed by atoms with Crippen LogP contribution in [0.5, 0.6) is 0 Å². The standard InChI is InChI=1S/C14H28OSi/c1-8-9-10-11-13(2)12-15-16(6,7)14(3,4)5/h10-11H,2,8-9,12H2,1,3-7H3/b11-10+. The highest BCUT2D eigenvalue weighted by Crippen LogP contribution is 2.36. The summed E-state index contributed by atoms with van der Waals surface area (Å²) < 4.78 is 6.07. The molecule has 0 amide bonds. The van der Waals surface area contributed by atoms with Gasteiger partial charge in [-0.25, -0.2) is 0 Å². The van der Waals surface area contributed by atoms with Gasteiger partial charge < -0.3 is 4.43 Å². The van der Waals surface area contributed by atoms with Crippen molar-refractivity contribution in [2.24, 2.45) is 0 Å². The van der Waals surface area contributed by atoms with E-state index in [2.05, 4.69) is 59.5 Å². The molecule has 0 aromatic carbocycles. The first kappa shape index (κ1) is 15.7. The largest absolute Gasteiger partial charge is 0.413 e. The van der Waals surface area contributed by atoms with Crippen molar-refractivity contribution in [3.05, 3.63) is 24.3 Å². The van der Waals surface area contributed by atoms with E-state index in [0.29, 0.717) is 6.61 Å². The van der Waals surface area contributed by atoms with Gasteiger partial charge in [-0.3, -0.25) is 0 Å². The topological polar surface area (TPSA) is 9.23 Å². The van der Waals surface area contributed by atoms with Crippen LogP contribution in [0.25, 0.3) is 0 Å². The molecule has 0 radical (unpaired) electrons. The van der Waals surface area contributed by atoms with Crippen molar-refractivity contribution in [3.63, 3.8) is 0 Å². The first-order chi connectivity index (χ1) is 7.20. The van der Waals surface area contributed by atoms with Gasteiger partial charge in [0.15, 0.2) is 8.32 Å². The summed E-state index contributed by atoms with van der Waals surface area (Å²) in [5, 5.41) is 0.278. The average molecular weight is 240 g/mol. The van der Waals surface area contributed by atoms with Gasteiger partial charge in [-0.05, 0) is 30.1 Å². The van der Waals surface area contributed by atoms with E-state index in [4.69, 9.17) is 4.43 Å². The molecule has 0 saturated carbocycles. The SMILES string of the molecule is C=C(/C=C/CCC)CO[Si](C)(C)C(C)(C)C. The van der Waals surface area contributed by atoms with Crippen LogP contribution in [0.15, 0.2) is 24.3 Å². The van der Waals surface area contributed by atoms with Gasteiger partial charge in [0.05, 0.1) is 6.61 Å². The average Bonchev–Trinajstić information content (AvgIpc) is 2.13. The Hall–Kier alpha value is -0.343. The highest BCUT2D eigenvalue weighted by atomic mass is 28.4. The van der Waals surface area contributed by atoms with Gasteiger partial charge in [0.2, 0.25) is 0 Å². The molecule has 0 aromatic rings. The van der Waals surface area contributed by atoms with E-state index in [-0.39, 0.29) is 5.04 Å². The van der Waals surface area contributed by atoms with E-state index >= 15 is 0 Å². The van der Waals surface area contributed by atoms with Crippen LogP contribution in [-0.4, -0.2) is 14.9 Å². The Morgan fingerprint density at radius 1 is 1.31 bits per heavy atom. The minimum absolute atomic E-state index is 0.278. The molecule has 94 valence electrons. The minimum Gasteiger partial charge on any atom is -0.413 e. The molecule has 0 fully saturated rings. The number of allylic oxidation sites excluding steroid dienone is 1. The molecule has 0 aliphatic heterocycles.